The van der Waals surface area contributed by atoms with Crippen molar-refractivity contribution in [2.24, 2.45) is 0 Å². The molecule has 0 aromatic heterocycles. The predicted octanol–water partition coefficient (Wildman–Crippen LogP) is 2.11. The van der Waals surface area contributed by atoms with Gasteiger partial charge in [-0.2, -0.15) is 11.8 Å². The van der Waals surface area contributed by atoms with Gasteiger partial charge in [-0.15, -0.1) is 0 Å². The third-order valence-corrected chi connectivity index (χ3v) is 6.09. The molecule has 1 heterocycles. The average molecular weight is 329 g/mol. The lowest BCUT2D eigenvalue weighted by Gasteiger charge is -2.22. The zero-order valence-electron chi connectivity index (χ0n) is 12.5. The lowest BCUT2D eigenvalue weighted by Crippen LogP contribution is -2.38. The Kier molecular flexibility index (Phi) is 6.54. The van der Waals surface area contributed by atoms with Gasteiger partial charge in [0.2, 0.25) is 10.0 Å². The second-order valence-electron chi connectivity index (χ2n) is 5.39. The number of nitrogens with one attached hydrogen (secondary N) is 2. The van der Waals surface area contributed by atoms with Crippen LogP contribution in [0.2, 0.25) is 0 Å². The summed E-state index contributed by atoms with van der Waals surface area (Å²) < 4.78 is 27.2. The number of benzene rings is 1. The maximum Gasteiger partial charge on any atom is 0.216 e. The molecule has 1 saturated heterocycles. The van der Waals surface area contributed by atoms with Crippen LogP contribution >= 0.6 is 11.8 Å². The van der Waals surface area contributed by atoms with Gasteiger partial charge >= 0.3 is 0 Å². The third-order valence-electron chi connectivity index (χ3n) is 3.47. The molecule has 1 fully saturated rings. The summed E-state index contributed by atoms with van der Waals surface area (Å²) >= 11 is 1.83. The number of hydrogen-bond acceptors (Lipinski definition) is 4. The fourth-order valence-corrected chi connectivity index (χ4v) is 4.97. The van der Waals surface area contributed by atoms with Crippen molar-refractivity contribution in [3.63, 3.8) is 0 Å². The first kappa shape index (κ1) is 16.8. The molecule has 0 bridgehead atoms. The number of hydrogen-bond donors (Lipinski definition) is 2. The Hall–Kier alpha value is -0.560. The second kappa shape index (κ2) is 8.17. The first-order chi connectivity index (χ1) is 10.1. The Bertz CT molecular complexity index is 523. The van der Waals surface area contributed by atoms with Gasteiger partial charge in [0.1, 0.15) is 0 Å². The van der Waals surface area contributed by atoms with Crippen LogP contribution in [0.3, 0.4) is 0 Å². The van der Waals surface area contributed by atoms with E-state index in [1.807, 2.05) is 36.0 Å². The van der Waals surface area contributed by atoms with Crippen LogP contribution in [0.1, 0.15) is 30.9 Å². The summed E-state index contributed by atoms with van der Waals surface area (Å²) in [6.07, 6.45) is 2.05. The van der Waals surface area contributed by atoms with Crippen LogP contribution in [0, 0.1) is 0 Å². The van der Waals surface area contributed by atoms with Crippen molar-refractivity contribution >= 4 is 21.8 Å². The molecule has 1 aromatic rings. The monoisotopic (exact) mass is 328 g/mol. The third kappa shape index (κ3) is 5.98. The molecule has 0 aliphatic carbocycles. The van der Waals surface area contributed by atoms with Crippen LogP contribution < -0.4 is 10.0 Å². The largest absolute Gasteiger partial charge is 0.313 e. The van der Waals surface area contributed by atoms with Gasteiger partial charge in [-0.05, 0) is 36.3 Å². The Morgan fingerprint density at radius 3 is 2.57 bits per heavy atom. The first-order valence-corrected chi connectivity index (χ1v) is 10.3. The van der Waals surface area contributed by atoms with Gasteiger partial charge in [-0.25, -0.2) is 13.1 Å². The highest BCUT2D eigenvalue weighted by atomic mass is 32.2. The minimum absolute atomic E-state index is 0.0651. The normalized spacial score (nSPS) is 19.6. The van der Waals surface area contributed by atoms with Crippen LogP contribution in [0.5, 0.6) is 0 Å². The topological polar surface area (TPSA) is 58.2 Å². The highest BCUT2D eigenvalue weighted by molar-refractivity contribution is 7.99. The molecule has 1 atom stereocenters. The van der Waals surface area contributed by atoms with Crippen LogP contribution in [0.25, 0.3) is 0 Å². The van der Waals surface area contributed by atoms with Crippen LogP contribution in [-0.2, 0) is 22.3 Å². The van der Waals surface area contributed by atoms with Crippen molar-refractivity contribution in [3.8, 4) is 0 Å². The molecule has 118 valence electrons. The van der Waals surface area contributed by atoms with Gasteiger partial charge in [0, 0.05) is 18.3 Å². The quantitative estimate of drug-likeness (QED) is 0.805. The van der Waals surface area contributed by atoms with Gasteiger partial charge in [0.25, 0.3) is 0 Å². The maximum atomic E-state index is 12.2. The minimum Gasteiger partial charge on any atom is -0.313 e. The van der Waals surface area contributed by atoms with Gasteiger partial charge in [0.15, 0.2) is 0 Å². The van der Waals surface area contributed by atoms with E-state index < -0.39 is 10.0 Å². The zero-order valence-corrected chi connectivity index (χ0v) is 14.1. The Morgan fingerprint density at radius 2 is 1.95 bits per heavy atom. The maximum absolute atomic E-state index is 12.2. The molecule has 1 aliphatic heterocycles. The summed E-state index contributed by atoms with van der Waals surface area (Å²) in [7, 11) is -3.24. The molecule has 4 nitrogen and oxygen atoms in total. The molecule has 2 rings (SSSR count). The lowest BCUT2D eigenvalue weighted by molar-refractivity contribution is 0.542. The van der Waals surface area contributed by atoms with Crippen molar-refractivity contribution in [2.45, 2.75) is 38.1 Å². The number of rotatable bonds is 7. The molecule has 21 heavy (non-hydrogen) atoms. The first-order valence-electron chi connectivity index (χ1n) is 7.45. The smallest absolute Gasteiger partial charge is 0.216 e. The Labute approximate surface area is 132 Å². The molecule has 0 saturated carbocycles. The molecule has 6 heteroatoms. The Morgan fingerprint density at radius 1 is 1.24 bits per heavy atom. The van der Waals surface area contributed by atoms with Crippen molar-refractivity contribution < 1.29 is 8.42 Å². The van der Waals surface area contributed by atoms with E-state index in [1.165, 1.54) is 5.56 Å². The van der Waals surface area contributed by atoms with Crippen LogP contribution in [0.15, 0.2) is 24.3 Å². The molecule has 0 spiro atoms. The van der Waals surface area contributed by atoms with E-state index in [4.69, 9.17) is 0 Å². The van der Waals surface area contributed by atoms with E-state index in [-0.39, 0.29) is 11.8 Å². The summed E-state index contributed by atoms with van der Waals surface area (Å²) in [5, 5.41) is 3.25. The lowest BCUT2D eigenvalue weighted by atomic mass is 10.1. The predicted molar refractivity (Wildman–Crippen MR) is 89.9 cm³/mol. The highest BCUT2D eigenvalue weighted by Gasteiger charge is 2.20. The average Bonchev–Trinajstić information content (AvgIpc) is 2.47. The Balaban J connectivity index is 1.89. The van der Waals surface area contributed by atoms with E-state index in [1.54, 1.807) is 0 Å². The van der Waals surface area contributed by atoms with Crippen LogP contribution in [0.4, 0.5) is 0 Å². The standard InChI is InChI=1S/C15H24N2O2S2/c1-2-16-10-13-5-7-14(8-6-13)12-21(18,19)17-15-4-3-9-20-11-15/h5-8,15-17H,2-4,9-12H2,1H3. The summed E-state index contributed by atoms with van der Waals surface area (Å²) in [4.78, 5) is 0. The number of thioether (sulfide) groups is 1. The highest BCUT2D eigenvalue weighted by Crippen LogP contribution is 2.18. The van der Waals surface area contributed by atoms with Crippen molar-refractivity contribution in [3.05, 3.63) is 35.4 Å². The fraction of sp³-hybridized carbons (Fsp3) is 0.600. The second-order valence-corrected chi connectivity index (χ2v) is 8.29. The van der Waals surface area contributed by atoms with Crippen molar-refractivity contribution in [2.75, 3.05) is 18.1 Å². The summed E-state index contributed by atoms with van der Waals surface area (Å²) in [6.45, 7) is 3.82. The van der Waals surface area contributed by atoms with Gasteiger partial charge in [-0.1, -0.05) is 31.2 Å². The molecular weight excluding hydrogens is 304 g/mol. The summed E-state index contributed by atoms with van der Waals surface area (Å²) in [6, 6.07) is 7.89. The van der Waals surface area contributed by atoms with Gasteiger partial charge in [0.05, 0.1) is 5.75 Å². The number of sulfonamides is 1. The molecule has 2 N–H and O–H groups in total. The van der Waals surface area contributed by atoms with Crippen molar-refractivity contribution in [1.82, 2.24) is 10.0 Å². The molecule has 0 radical (unpaired) electrons. The zero-order chi connectivity index (χ0) is 15.1. The molecule has 1 aliphatic rings. The van der Waals surface area contributed by atoms with E-state index in [0.717, 1.165) is 43.0 Å². The van der Waals surface area contributed by atoms with E-state index >= 15 is 0 Å². The SMILES string of the molecule is CCNCc1ccc(CS(=O)(=O)NC2CCCSC2)cc1. The molecule has 1 aromatic carbocycles. The minimum atomic E-state index is -3.24. The fourth-order valence-electron chi connectivity index (χ4n) is 2.37. The van der Waals surface area contributed by atoms with Crippen molar-refractivity contribution in [1.29, 1.82) is 0 Å². The molecule has 0 amide bonds. The summed E-state index contributed by atoms with van der Waals surface area (Å²) in [5.74, 6) is 2.10. The van der Waals surface area contributed by atoms with Gasteiger partial charge in [-0.3, -0.25) is 0 Å². The van der Waals surface area contributed by atoms with E-state index in [0.29, 0.717) is 0 Å². The van der Waals surface area contributed by atoms with E-state index in [2.05, 4.69) is 17.0 Å². The molecular formula is C15H24N2O2S2. The van der Waals surface area contributed by atoms with Gasteiger partial charge < -0.3 is 5.32 Å². The van der Waals surface area contributed by atoms with E-state index in [9.17, 15) is 8.42 Å². The van der Waals surface area contributed by atoms with Crippen LogP contribution in [-0.4, -0.2) is 32.5 Å². The molecule has 1 unspecified atom stereocenters. The summed E-state index contributed by atoms with van der Waals surface area (Å²) in [5.41, 5.74) is 2.01.